The highest BCUT2D eigenvalue weighted by Gasteiger charge is 2.30. The molecule has 0 saturated heterocycles. The first kappa shape index (κ1) is 11.0. The Hall–Kier alpha value is -1.06. The van der Waals surface area contributed by atoms with Crippen LogP contribution in [0.5, 0.6) is 0 Å². The van der Waals surface area contributed by atoms with Crippen molar-refractivity contribution in [2.45, 2.75) is 38.5 Å². The second-order valence-corrected chi connectivity index (χ2v) is 3.94. The van der Waals surface area contributed by atoms with Gasteiger partial charge in [-0.3, -0.25) is 9.59 Å². The van der Waals surface area contributed by atoms with Gasteiger partial charge in [0.1, 0.15) is 0 Å². The highest BCUT2D eigenvalue weighted by atomic mass is 16.4. The third-order valence-corrected chi connectivity index (χ3v) is 2.91. The molecule has 0 aliphatic heterocycles. The first-order chi connectivity index (χ1) is 6.61. The zero-order valence-corrected chi connectivity index (χ0v) is 8.11. The van der Waals surface area contributed by atoms with E-state index in [2.05, 4.69) is 0 Å². The molecule has 0 amide bonds. The van der Waals surface area contributed by atoms with Crippen LogP contribution in [0.3, 0.4) is 0 Å². The maximum atomic E-state index is 10.9. The Kier molecular flexibility index (Phi) is 3.92. The highest BCUT2D eigenvalue weighted by molar-refractivity contribution is 5.73. The zero-order chi connectivity index (χ0) is 10.6. The summed E-state index contributed by atoms with van der Waals surface area (Å²) in [5.41, 5.74) is 0. The van der Waals surface area contributed by atoms with Gasteiger partial charge < -0.3 is 10.2 Å². The minimum atomic E-state index is -0.886. The minimum Gasteiger partial charge on any atom is -0.481 e. The lowest BCUT2D eigenvalue weighted by Gasteiger charge is -2.19. The summed E-state index contributed by atoms with van der Waals surface area (Å²) in [5, 5.41) is 17.6. The molecule has 0 spiro atoms. The Morgan fingerprint density at radius 1 is 1.07 bits per heavy atom. The van der Waals surface area contributed by atoms with Gasteiger partial charge in [-0.2, -0.15) is 0 Å². The van der Waals surface area contributed by atoms with E-state index in [4.69, 9.17) is 10.2 Å². The number of carboxylic acids is 2. The molecule has 1 saturated carbocycles. The van der Waals surface area contributed by atoms with E-state index in [1.54, 1.807) is 0 Å². The SMILES string of the molecule is O=C(O)C[C@@H]1CCCCC[C@H]1C(=O)O. The van der Waals surface area contributed by atoms with Gasteiger partial charge in [-0.05, 0) is 18.8 Å². The number of aliphatic carboxylic acids is 2. The van der Waals surface area contributed by atoms with E-state index in [1.807, 2.05) is 0 Å². The first-order valence-electron chi connectivity index (χ1n) is 5.06. The highest BCUT2D eigenvalue weighted by Crippen LogP contribution is 2.31. The first-order valence-corrected chi connectivity index (χ1v) is 5.06. The van der Waals surface area contributed by atoms with Crippen molar-refractivity contribution in [2.75, 3.05) is 0 Å². The van der Waals surface area contributed by atoms with Crippen LogP contribution < -0.4 is 0 Å². The fourth-order valence-electron chi connectivity index (χ4n) is 2.18. The molecule has 0 aromatic carbocycles. The lowest BCUT2D eigenvalue weighted by molar-refractivity contribution is -0.145. The Balaban J connectivity index is 2.63. The van der Waals surface area contributed by atoms with Crippen molar-refractivity contribution in [1.29, 1.82) is 0 Å². The second-order valence-electron chi connectivity index (χ2n) is 3.94. The number of rotatable bonds is 3. The van der Waals surface area contributed by atoms with Gasteiger partial charge in [0, 0.05) is 6.42 Å². The van der Waals surface area contributed by atoms with Gasteiger partial charge in [0.25, 0.3) is 0 Å². The van der Waals surface area contributed by atoms with Crippen LogP contribution in [-0.4, -0.2) is 22.2 Å². The Morgan fingerprint density at radius 2 is 1.71 bits per heavy atom. The average molecular weight is 200 g/mol. The molecule has 0 unspecified atom stereocenters. The molecule has 1 aliphatic rings. The molecule has 80 valence electrons. The Bertz CT molecular complexity index is 224. The Morgan fingerprint density at radius 3 is 2.29 bits per heavy atom. The molecule has 0 aromatic rings. The number of carboxylic acid groups (broad SMARTS) is 2. The molecule has 14 heavy (non-hydrogen) atoms. The second kappa shape index (κ2) is 4.98. The van der Waals surface area contributed by atoms with E-state index in [0.29, 0.717) is 6.42 Å². The summed E-state index contributed by atoms with van der Waals surface area (Å²) in [5.74, 6) is -2.34. The molecule has 0 bridgehead atoms. The number of carbonyl (C=O) groups is 2. The summed E-state index contributed by atoms with van der Waals surface area (Å²) >= 11 is 0. The van der Waals surface area contributed by atoms with Crippen LogP contribution in [0.4, 0.5) is 0 Å². The van der Waals surface area contributed by atoms with Gasteiger partial charge in [0.2, 0.25) is 0 Å². The number of hydrogen-bond donors (Lipinski definition) is 2. The smallest absolute Gasteiger partial charge is 0.306 e. The molecule has 0 aromatic heterocycles. The van der Waals surface area contributed by atoms with Gasteiger partial charge in [-0.25, -0.2) is 0 Å². The molecule has 4 nitrogen and oxygen atoms in total. The molecule has 1 aliphatic carbocycles. The van der Waals surface area contributed by atoms with Crippen LogP contribution in [0.1, 0.15) is 38.5 Å². The van der Waals surface area contributed by atoms with Crippen molar-refractivity contribution in [1.82, 2.24) is 0 Å². The van der Waals surface area contributed by atoms with Crippen molar-refractivity contribution in [3.63, 3.8) is 0 Å². The van der Waals surface area contributed by atoms with Crippen molar-refractivity contribution in [3.8, 4) is 0 Å². The minimum absolute atomic E-state index is 0.00301. The summed E-state index contributed by atoms with van der Waals surface area (Å²) in [6.45, 7) is 0. The normalized spacial score (nSPS) is 28.0. The van der Waals surface area contributed by atoms with Crippen LogP contribution in [-0.2, 0) is 9.59 Å². The van der Waals surface area contributed by atoms with Gasteiger partial charge in [-0.1, -0.05) is 19.3 Å². The fraction of sp³-hybridized carbons (Fsp3) is 0.800. The van der Waals surface area contributed by atoms with Crippen LogP contribution in [0.15, 0.2) is 0 Å². The van der Waals surface area contributed by atoms with Gasteiger partial charge >= 0.3 is 11.9 Å². The quantitative estimate of drug-likeness (QED) is 0.680. The molecule has 4 heteroatoms. The van der Waals surface area contributed by atoms with E-state index in [0.717, 1.165) is 25.7 Å². The maximum Gasteiger partial charge on any atom is 0.306 e. The lowest BCUT2D eigenvalue weighted by Crippen LogP contribution is -2.24. The van der Waals surface area contributed by atoms with Crippen molar-refractivity contribution >= 4 is 11.9 Å². The summed E-state index contributed by atoms with van der Waals surface area (Å²) < 4.78 is 0. The largest absolute Gasteiger partial charge is 0.481 e. The number of hydrogen-bond acceptors (Lipinski definition) is 2. The van der Waals surface area contributed by atoms with E-state index < -0.39 is 17.9 Å². The van der Waals surface area contributed by atoms with Crippen LogP contribution in [0.25, 0.3) is 0 Å². The summed E-state index contributed by atoms with van der Waals surface area (Å²) in [6, 6.07) is 0. The van der Waals surface area contributed by atoms with Crippen molar-refractivity contribution < 1.29 is 19.8 Å². The maximum absolute atomic E-state index is 10.9. The van der Waals surface area contributed by atoms with Gasteiger partial charge in [-0.15, -0.1) is 0 Å². The van der Waals surface area contributed by atoms with Crippen LogP contribution in [0.2, 0.25) is 0 Å². The predicted octanol–water partition coefficient (Wildman–Crippen LogP) is 1.74. The summed E-state index contributed by atoms with van der Waals surface area (Å²) in [6.07, 6.45) is 4.27. The molecule has 0 radical (unpaired) electrons. The van der Waals surface area contributed by atoms with Crippen LogP contribution >= 0.6 is 0 Å². The van der Waals surface area contributed by atoms with Crippen LogP contribution in [0, 0.1) is 11.8 Å². The van der Waals surface area contributed by atoms with E-state index in [-0.39, 0.29) is 12.3 Å². The molecule has 1 fully saturated rings. The zero-order valence-electron chi connectivity index (χ0n) is 8.11. The molecular formula is C10H16O4. The lowest BCUT2D eigenvalue weighted by atomic mass is 9.85. The standard InChI is InChI=1S/C10H16O4/c11-9(12)6-7-4-2-1-3-5-8(7)10(13)14/h7-8H,1-6H2,(H,11,12)(H,13,14)/t7-,8+/m0/s1. The third-order valence-electron chi connectivity index (χ3n) is 2.91. The summed E-state index contributed by atoms with van der Waals surface area (Å²) in [7, 11) is 0. The Labute approximate surface area is 82.9 Å². The molecule has 1 rings (SSSR count). The van der Waals surface area contributed by atoms with E-state index >= 15 is 0 Å². The molecule has 2 atom stereocenters. The van der Waals surface area contributed by atoms with E-state index in [9.17, 15) is 9.59 Å². The summed E-state index contributed by atoms with van der Waals surface area (Å²) in [4.78, 5) is 21.5. The van der Waals surface area contributed by atoms with Crippen molar-refractivity contribution in [3.05, 3.63) is 0 Å². The van der Waals surface area contributed by atoms with E-state index in [1.165, 1.54) is 0 Å². The van der Waals surface area contributed by atoms with Gasteiger partial charge in [0.05, 0.1) is 5.92 Å². The fourth-order valence-corrected chi connectivity index (χ4v) is 2.18. The predicted molar refractivity (Wildman–Crippen MR) is 50.0 cm³/mol. The molecular weight excluding hydrogens is 184 g/mol. The topological polar surface area (TPSA) is 74.6 Å². The van der Waals surface area contributed by atoms with Crippen molar-refractivity contribution in [2.24, 2.45) is 11.8 Å². The monoisotopic (exact) mass is 200 g/mol. The average Bonchev–Trinajstić information content (AvgIpc) is 2.28. The molecule has 0 heterocycles. The molecule has 2 N–H and O–H groups in total. The van der Waals surface area contributed by atoms with Gasteiger partial charge in [0.15, 0.2) is 0 Å². The third kappa shape index (κ3) is 3.01.